The summed E-state index contributed by atoms with van der Waals surface area (Å²) in [6.45, 7) is 5.04. The number of rotatable bonds is 12. The fourth-order valence-electron chi connectivity index (χ4n) is 4.09. The zero-order chi connectivity index (χ0) is 28.7. The smallest absolute Gasteiger partial charge is 0.273 e. The van der Waals surface area contributed by atoms with Crippen LogP contribution in [0.15, 0.2) is 71.6 Å². The molecule has 0 fully saturated rings. The Labute approximate surface area is 228 Å². The first-order valence-corrected chi connectivity index (χ1v) is 13.8. The standard InChI is InChI=1S/C28H33N3O7S/c1-19(2)16-26(21-7-11-23(37-4)12-8-21)29-28(32)18-30(22-9-13-24(38-5)14-10-22)39(35,36)25-15-6-20(3)27(17-25)31(33)34/h6-15,17,19,26H,16,18H2,1-5H3,(H,29,32)/t26-/m1/s1. The Morgan fingerprint density at radius 3 is 2.05 bits per heavy atom. The average Bonchev–Trinajstić information content (AvgIpc) is 2.91. The summed E-state index contributed by atoms with van der Waals surface area (Å²) in [5.74, 6) is 0.893. The molecule has 0 spiro atoms. The van der Waals surface area contributed by atoms with E-state index in [1.807, 2.05) is 26.0 Å². The van der Waals surface area contributed by atoms with Crippen molar-refractivity contribution in [3.63, 3.8) is 0 Å². The Balaban J connectivity index is 1.98. The van der Waals surface area contributed by atoms with Crippen LogP contribution in [0.5, 0.6) is 11.5 Å². The summed E-state index contributed by atoms with van der Waals surface area (Å²) >= 11 is 0. The maximum absolute atomic E-state index is 13.8. The molecule has 208 valence electrons. The number of nitrogens with one attached hydrogen (secondary N) is 1. The predicted molar refractivity (Wildman–Crippen MR) is 149 cm³/mol. The van der Waals surface area contributed by atoms with Crippen molar-refractivity contribution in [3.8, 4) is 11.5 Å². The van der Waals surface area contributed by atoms with Gasteiger partial charge in [0, 0.05) is 11.6 Å². The molecule has 39 heavy (non-hydrogen) atoms. The predicted octanol–water partition coefficient (Wildman–Crippen LogP) is 5.02. The van der Waals surface area contributed by atoms with Crippen LogP contribution in [-0.4, -0.2) is 40.0 Å². The lowest BCUT2D eigenvalue weighted by molar-refractivity contribution is -0.385. The Bertz CT molecular complexity index is 1410. The van der Waals surface area contributed by atoms with Gasteiger partial charge < -0.3 is 14.8 Å². The van der Waals surface area contributed by atoms with Gasteiger partial charge in [0.05, 0.1) is 35.8 Å². The number of carbonyl (C=O) groups is 1. The van der Waals surface area contributed by atoms with Crippen molar-refractivity contribution in [1.29, 1.82) is 0 Å². The summed E-state index contributed by atoms with van der Waals surface area (Å²) < 4.78 is 38.9. The highest BCUT2D eigenvalue weighted by atomic mass is 32.2. The maximum atomic E-state index is 13.8. The zero-order valence-corrected chi connectivity index (χ0v) is 23.4. The summed E-state index contributed by atoms with van der Waals surface area (Å²) in [5.41, 5.74) is 1.06. The number of carbonyl (C=O) groups excluding carboxylic acids is 1. The number of ether oxygens (including phenoxy) is 2. The van der Waals surface area contributed by atoms with Crippen LogP contribution in [-0.2, 0) is 14.8 Å². The van der Waals surface area contributed by atoms with Gasteiger partial charge in [0.15, 0.2) is 0 Å². The fourth-order valence-corrected chi connectivity index (χ4v) is 5.54. The van der Waals surface area contributed by atoms with Gasteiger partial charge in [0.2, 0.25) is 5.91 Å². The average molecular weight is 556 g/mol. The second-order valence-corrected chi connectivity index (χ2v) is 11.3. The van der Waals surface area contributed by atoms with Gasteiger partial charge in [0.25, 0.3) is 15.7 Å². The summed E-state index contributed by atoms with van der Waals surface area (Å²) in [5, 5.41) is 14.5. The molecular weight excluding hydrogens is 522 g/mol. The molecule has 1 atom stereocenters. The maximum Gasteiger partial charge on any atom is 0.273 e. The summed E-state index contributed by atoms with van der Waals surface area (Å²) in [6.07, 6.45) is 0.623. The fraction of sp³-hybridized carbons (Fsp3) is 0.321. The van der Waals surface area contributed by atoms with E-state index in [0.29, 0.717) is 23.5 Å². The summed E-state index contributed by atoms with van der Waals surface area (Å²) in [4.78, 5) is 23.9. The molecule has 11 heteroatoms. The number of benzene rings is 3. The highest BCUT2D eigenvalue weighted by Crippen LogP contribution is 2.30. The normalized spacial score (nSPS) is 12.1. The molecule has 0 aromatic heterocycles. The summed E-state index contributed by atoms with van der Waals surface area (Å²) in [7, 11) is -1.31. The Morgan fingerprint density at radius 1 is 0.974 bits per heavy atom. The SMILES string of the molecule is COc1ccc([C@@H](CC(C)C)NC(=O)CN(c2ccc(OC)cc2)S(=O)(=O)c2ccc(C)c([N+](=O)[O-])c2)cc1. The molecular formula is C28H33N3O7S. The summed E-state index contributed by atoms with van der Waals surface area (Å²) in [6, 6.07) is 16.8. The second kappa shape index (κ2) is 12.6. The molecule has 3 rings (SSSR count). The third kappa shape index (κ3) is 7.26. The number of methoxy groups -OCH3 is 2. The van der Waals surface area contributed by atoms with E-state index in [9.17, 15) is 23.3 Å². The van der Waals surface area contributed by atoms with E-state index >= 15 is 0 Å². The van der Waals surface area contributed by atoms with E-state index in [4.69, 9.17) is 9.47 Å². The van der Waals surface area contributed by atoms with Crippen LogP contribution in [0.1, 0.15) is 37.4 Å². The van der Waals surface area contributed by atoms with Gasteiger partial charge in [-0.25, -0.2) is 8.42 Å². The lowest BCUT2D eigenvalue weighted by Gasteiger charge is -2.27. The number of nitrogens with zero attached hydrogens (tertiary/aromatic N) is 2. The van der Waals surface area contributed by atoms with Crippen molar-refractivity contribution >= 4 is 27.3 Å². The van der Waals surface area contributed by atoms with Crippen LogP contribution in [0.4, 0.5) is 11.4 Å². The molecule has 0 saturated carbocycles. The number of aryl methyl sites for hydroxylation is 1. The van der Waals surface area contributed by atoms with E-state index in [1.54, 1.807) is 31.4 Å². The van der Waals surface area contributed by atoms with Gasteiger partial charge in [-0.2, -0.15) is 0 Å². The Morgan fingerprint density at radius 2 is 1.54 bits per heavy atom. The van der Waals surface area contributed by atoms with Gasteiger partial charge in [-0.1, -0.05) is 32.0 Å². The number of sulfonamides is 1. The van der Waals surface area contributed by atoms with Crippen LogP contribution in [0, 0.1) is 23.0 Å². The number of amides is 1. The molecule has 0 saturated heterocycles. The second-order valence-electron chi connectivity index (χ2n) is 9.44. The van der Waals surface area contributed by atoms with Crippen molar-refractivity contribution in [2.24, 2.45) is 5.92 Å². The quantitative estimate of drug-likeness (QED) is 0.245. The molecule has 0 aliphatic rings. The Kier molecular flexibility index (Phi) is 9.52. The van der Waals surface area contributed by atoms with Crippen molar-refractivity contribution < 1.29 is 27.6 Å². The van der Waals surface area contributed by atoms with Crippen LogP contribution in [0.2, 0.25) is 0 Å². The van der Waals surface area contributed by atoms with E-state index in [0.717, 1.165) is 15.9 Å². The lowest BCUT2D eigenvalue weighted by Crippen LogP contribution is -2.42. The van der Waals surface area contributed by atoms with E-state index in [2.05, 4.69) is 5.32 Å². The molecule has 0 unspecified atom stereocenters. The third-order valence-corrected chi connectivity index (χ3v) is 7.94. The van der Waals surface area contributed by atoms with E-state index in [-0.39, 0.29) is 28.2 Å². The van der Waals surface area contributed by atoms with Crippen molar-refractivity contribution in [2.75, 3.05) is 25.1 Å². The van der Waals surface area contributed by atoms with Gasteiger partial charge in [0.1, 0.15) is 18.0 Å². The molecule has 1 amide bonds. The number of hydrogen-bond donors (Lipinski definition) is 1. The molecule has 0 radical (unpaired) electrons. The van der Waals surface area contributed by atoms with Crippen LogP contribution in [0.25, 0.3) is 0 Å². The van der Waals surface area contributed by atoms with Crippen LogP contribution in [0.3, 0.4) is 0 Å². The minimum Gasteiger partial charge on any atom is -0.497 e. The third-order valence-electron chi connectivity index (χ3n) is 6.17. The molecule has 0 bridgehead atoms. The van der Waals surface area contributed by atoms with Crippen LogP contribution < -0.4 is 19.1 Å². The van der Waals surface area contributed by atoms with Gasteiger partial charge in [-0.15, -0.1) is 0 Å². The molecule has 10 nitrogen and oxygen atoms in total. The number of hydrogen-bond acceptors (Lipinski definition) is 7. The van der Waals surface area contributed by atoms with Gasteiger partial charge in [-0.3, -0.25) is 19.2 Å². The van der Waals surface area contributed by atoms with Crippen molar-refractivity contribution in [3.05, 3.63) is 88.0 Å². The van der Waals surface area contributed by atoms with E-state index < -0.39 is 27.4 Å². The number of nitro groups is 1. The van der Waals surface area contributed by atoms with Gasteiger partial charge in [-0.05, 0) is 67.3 Å². The molecule has 1 N–H and O–H groups in total. The molecule has 3 aromatic rings. The first kappa shape index (κ1) is 29.4. The lowest BCUT2D eigenvalue weighted by atomic mass is 9.97. The first-order valence-electron chi connectivity index (χ1n) is 12.3. The zero-order valence-electron chi connectivity index (χ0n) is 22.6. The highest BCUT2D eigenvalue weighted by Gasteiger charge is 2.30. The molecule has 0 aliphatic heterocycles. The minimum atomic E-state index is -4.36. The minimum absolute atomic E-state index is 0.207. The number of anilines is 1. The number of nitro benzene ring substituents is 1. The van der Waals surface area contributed by atoms with E-state index in [1.165, 1.54) is 38.3 Å². The van der Waals surface area contributed by atoms with Crippen molar-refractivity contribution in [1.82, 2.24) is 5.32 Å². The largest absolute Gasteiger partial charge is 0.497 e. The monoisotopic (exact) mass is 555 g/mol. The molecule has 0 heterocycles. The topological polar surface area (TPSA) is 128 Å². The van der Waals surface area contributed by atoms with Crippen molar-refractivity contribution in [2.45, 2.75) is 38.1 Å². The first-order chi connectivity index (χ1) is 18.5. The Hall–Kier alpha value is -4.12. The van der Waals surface area contributed by atoms with Gasteiger partial charge >= 0.3 is 0 Å². The molecule has 3 aromatic carbocycles. The highest BCUT2D eigenvalue weighted by molar-refractivity contribution is 7.92. The molecule has 0 aliphatic carbocycles. The van der Waals surface area contributed by atoms with Crippen LogP contribution >= 0.6 is 0 Å².